The molecular formula is C5H10ClN3O2. The number of nitrogens with zero attached hydrogens (tertiary/aromatic N) is 1. The second kappa shape index (κ2) is 5.79. The summed E-state index contributed by atoms with van der Waals surface area (Å²) in [4.78, 5) is 9.81. The Kier molecular flexibility index (Phi) is 5.28. The van der Waals surface area contributed by atoms with Gasteiger partial charge in [-0.15, -0.1) is 11.6 Å². The first-order valence-electron chi connectivity index (χ1n) is 3.06. The van der Waals surface area contributed by atoms with E-state index in [1.54, 1.807) is 0 Å². The van der Waals surface area contributed by atoms with E-state index in [0.29, 0.717) is 12.4 Å². The summed E-state index contributed by atoms with van der Waals surface area (Å²) < 4.78 is 0. The number of hydrogen-bond acceptors (Lipinski definition) is 3. The van der Waals surface area contributed by atoms with E-state index < -0.39 is 5.03 Å². The van der Waals surface area contributed by atoms with Gasteiger partial charge in [0.2, 0.25) is 0 Å². The minimum absolute atomic E-state index is 0.181. The predicted molar refractivity (Wildman–Crippen MR) is 42.6 cm³/mol. The molecule has 0 saturated heterocycles. The quantitative estimate of drug-likeness (QED) is 0.269. The van der Waals surface area contributed by atoms with Gasteiger partial charge >= 0.3 is 0 Å². The van der Waals surface area contributed by atoms with Crippen molar-refractivity contribution in [1.29, 1.82) is 0 Å². The van der Waals surface area contributed by atoms with Crippen LogP contribution in [0.4, 0.5) is 0 Å². The van der Waals surface area contributed by atoms with Crippen LogP contribution in [0.5, 0.6) is 0 Å². The van der Waals surface area contributed by atoms with Crippen molar-refractivity contribution < 1.29 is 5.03 Å². The molecule has 0 aromatic heterocycles. The Bertz CT molecular complexity index is 151. The molecule has 0 unspecified atom stereocenters. The standard InChI is InChI=1S/C5H10ClN3O2/c1-5(8-9(10)11)7-4-2-3-6/h7-8H,1-4H2. The Morgan fingerprint density at radius 3 is 2.82 bits per heavy atom. The van der Waals surface area contributed by atoms with Crippen LogP contribution in [-0.4, -0.2) is 17.5 Å². The van der Waals surface area contributed by atoms with Crippen LogP contribution in [0.1, 0.15) is 6.42 Å². The van der Waals surface area contributed by atoms with Crippen molar-refractivity contribution in [1.82, 2.24) is 10.7 Å². The van der Waals surface area contributed by atoms with Crippen LogP contribution in [0.3, 0.4) is 0 Å². The highest BCUT2D eigenvalue weighted by Crippen LogP contribution is 1.83. The van der Waals surface area contributed by atoms with Crippen LogP contribution in [-0.2, 0) is 0 Å². The first kappa shape index (κ1) is 10.0. The maximum Gasteiger partial charge on any atom is 0.163 e. The predicted octanol–water partition coefficient (Wildman–Crippen LogP) is 0.457. The number of nitro groups is 1. The summed E-state index contributed by atoms with van der Waals surface area (Å²) in [6.07, 6.45) is 0.750. The molecule has 0 aromatic rings. The molecule has 2 N–H and O–H groups in total. The van der Waals surface area contributed by atoms with Gasteiger partial charge in [0, 0.05) is 12.4 Å². The Labute approximate surface area is 69.5 Å². The summed E-state index contributed by atoms with van der Waals surface area (Å²) in [6.45, 7) is 3.95. The van der Waals surface area contributed by atoms with E-state index in [4.69, 9.17) is 11.6 Å². The average Bonchev–Trinajstić information content (AvgIpc) is 1.86. The van der Waals surface area contributed by atoms with Crippen molar-refractivity contribution in [3.05, 3.63) is 22.5 Å². The molecule has 0 radical (unpaired) electrons. The van der Waals surface area contributed by atoms with E-state index >= 15 is 0 Å². The molecule has 11 heavy (non-hydrogen) atoms. The molecule has 5 nitrogen and oxygen atoms in total. The Morgan fingerprint density at radius 1 is 1.73 bits per heavy atom. The van der Waals surface area contributed by atoms with Crippen LogP contribution in [0.2, 0.25) is 0 Å². The zero-order valence-corrected chi connectivity index (χ0v) is 6.73. The number of hydrogen-bond donors (Lipinski definition) is 2. The van der Waals surface area contributed by atoms with Crippen LogP contribution in [0.25, 0.3) is 0 Å². The topological polar surface area (TPSA) is 67.2 Å². The summed E-state index contributed by atoms with van der Waals surface area (Å²) in [7, 11) is 0. The van der Waals surface area contributed by atoms with E-state index in [1.807, 2.05) is 5.43 Å². The van der Waals surface area contributed by atoms with E-state index in [0.717, 1.165) is 6.42 Å². The molecule has 0 rings (SSSR count). The average molecular weight is 180 g/mol. The lowest BCUT2D eigenvalue weighted by atomic mass is 10.5. The van der Waals surface area contributed by atoms with Crippen LogP contribution >= 0.6 is 11.6 Å². The maximum atomic E-state index is 9.81. The van der Waals surface area contributed by atoms with E-state index in [-0.39, 0.29) is 5.82 Å². The van der Waals surface area contributed by atoms with Crippen molar-refractivity contribution in [3.63, 3.8) is 0 Å². The van der Waals surface area contributed by atoms with Gasteiger partial charge in [-0.3, -0.25) is 0 Å². The van der Waals surface area contributed by atoms with Crippen LogP contribution in [0.15, 0.2) is 12.4 Å². The first-order chi connectivity index (χ1) is 5.16. The first-order valence-corrected chi connectivity index (χ1v) is 3.60. The molecule has 6 heteroatoms. The van der Waals surface area contributed by atoms with Gasteiger partial charge in [-0.05, 0) is 6.42 Å². The van der Waals surface area contributed by atoms with E-state index in [1.165, 1.54) is 0 Å². The fraction of sp³-hybridized carbons (Fsp3) is 0.600. The lowest BCUT2D eigenvalue weighted by Gasteiger charge is -2.03. The molecule has 0 aliphatic rings. The summed E-state index contributed by atoms with van der Waals surface area (Å²) >= 11 is 5.37. The van der Waals surface area contributed by atoms with Gasteiger partial charge in [-0.25, -0.2) is 10.1 Å². The molecule has 0 heterocycles. The summed E-state index contributed by atoms with van der Waals surface area (Å²) in [5.74, 6) is 0.707. The number of hydrazine groups is 1. The summed E-state index contributed by atoms with van der Waals surface area (Å²) in [5, 5.41) is 11.8. The van der Waals surface area contributed by atoms with Gasteiger partial charge < -0.3 is 5.32 Å². The molecule has 0 aliphatic heterocycles. The van der Waals surface area contributed by atoms with Crippen molar-refractivity contribution in [2.45, 2.75) is 6.42 Å². The molecule has 0 atom stereocenters. The molecular weight excluding hydrogens is 170 g/mol. The number of rotatable bonds is 6. The number of alkyl halides is 1. The third-order valence-electron chi connectivity index (χ3n) is 0.875. The zero-order valence-electron chi connectivity index (χ0n) is 5.97. The Morgan fingerprint density at radius 2 is 2.36 bits per heavy atom. The lowest BCUT2D eigenvalue weighted by Crippen LogP contribution is -2.30. The Balaban J connectivity index is 3.30. The molecule has 0 bridgehead atoms. The second-order valence-electron chi connectivity index (χ2n) is 1.82. The fourth-order valence-corrected chi connectivity index (χ4v) is 0.589. The highest BCUT2D eigenvalue weighted by Gasteiger charge is 1.96. The second-order valence-corrected chi connectivity index (χ2v) is 2.19. The SMILES string of the molecule is C=C(NCCCCl)N[N+](=O)[O-]. The smallest absolute Gasteiger partial charge is 0.163 e. The molecule has 0 aliphatic carbocycles. The van der Waals surface area contributed by atoms with Gasteiger partial charge in [-0.1, -0.05) is 12.0 Å². The van der Waals surface area contributed by atoms with Crippen LogP contribution in [0, 0.1) is 10.1 Å². The van der Waals surface area contributed by atoms with Gasteiger partial charge in [0.1, 0.15) is 0 Å². The van der Waals surface area contributed by atoms with Crippen molar-refractivity contribution in [3.8, 4) is 0 Å². The maximum absolute atomic E-state index is 9.81. The summed E-state index contributed by atoms with van der Waals surface area (Å²) in [6, 6.07) is 0. The zero-order chi connectivity index (χ0) is 8.69. The molecule has 0 saturated carbocycles. The normalized spacial score (nSPS) is 8.82. The largest absolute Gasteiger partial charge is 0.368 e. The van der Waals surface area contributed by atoms with E-state index in [2.05, 4.69) is 11.9 Å². The van der Waals surface area contributed by atoms with Gasteiger partial charge in [0.25, 0.3) is 0 Å². The summed E-state index contributed by atoms with van der Waals surface area (Å²) in [5.41, 5.74) is 1.88. The third kappa shape index (κ3) is 6.92. The van der Waals surface area contributed by atoms with Gasteiger partial charge in [0.15, 0.2) is 10.9 Å². The lowest BCUT2D eigenvalue weighted by molar-refractivity contribution is -0.536. The highest BCUT2D eigenvalue weighted by molar-refractivity contribution is 6.17. The molecule has 0 fully saturated rings. The van der Waals surface area contributed by atoms with Crippen LogP contribution < -0.4 is 10.7 Å². The van der Waals surface area contributed by atoms with Crippen molar-refractivity contribution in [2.24, 2.45) is 0 Å². The minimum atomic E-state index is -0.671. The number of nitrogens with one attached hydrogen (secondary N) is 2. The Hall–Kier alpha value is -0.970. The van der Waals surface area contributed by atoms with Gasteiger partial charge in [-0.2, -0.15) is 0 Å². The monoisotopic (exact) mass is 179 g/mol. The molecule has 0 aromatic carbocycles. The fourth-order valence-electron chi connectivity index (χ4n) is 0.456. The molecule has 0 spiro atoms. The molecule has 0 amide bonds. The van der Waals surface area contributed by atoms with Crippen molar-refractivity contribution >= 4 is 11.6 Å². The van der Waals surface area contributed by atoms with Crippen molar-refractivity contribution in [2.75, 3.05) is 12.4 Å². The molecule has 64 valence electrons. The van der Waals surface area contributed by atoms with Gasteiger partial charge in [0.05, 0.1) is 0 Å². The highest BCUT2D eigenvalue weighted by atomic mass is 35.5. The minimum Gasteiger partial charge on any atom is -0.368 e. The number of halogens is 1. The third-order valence-corrected chi connectivity index (χ3v) is 1.14. The van der Waals surface area contributed by atoms with E-state index in [9.17, 15) is 10.1 Å².